The standard InChI is InChI=1S/C22H22F3N5O4/c1-29(13-15-2-5-17(6-3-15)19-27-20(34-28-19)22(23,24)25)21(31)33-14-16-4-7-18(26-12-16)30-8-10-32-11-9-30/h2-7,12H,8-11,13-14H2,1H3. The summed E-state index contributed by atoms with van der Waals surface area (Å²) in [6, 6.07) is 10.2. The molecule has 3 heterocycles. The molecule has 1 aliphatic rings. The number of aromatic nitrogens is 3. The maximum absolute atomic E-state index is 12.6. The van der Waals surface area contributed by atoms with Crippen LogP contribution in [0.5, 0.6) is 0 Å². The largest absolute Gasteiger partial charge is 0.471 e. The SMILES string of the molecule is CN(Cc1ccc(-c2noc(C(F)(F)F)n2)cc1)C(=O)OCc1ccc(N2CCOCC2)nc1. The van der Waals surface area contributed by atoms with Crippen molar-refractivity contribution < 1.29 is 32.0 Å². The molecule has 3 aromatic rings. The summed E-state index contributed by atoms with van der Waals surface area (Å²) in [5.74, 6) is -0.714. The zero-order valence-electron chi connectivity index (χ0n) is 18.3. The number of morpholine rings is 1. The minimum atomic E-state index is -4.70. The second kappa shape index (κ2) is 10.1. The second-order valence-corrected chi connectivity index (χ2v) is 7.65. The minimum absolute atomic E-state index is 0.0812. The molecule has 180 valence electrons. The maximum atomic E-state index is 12.6. The van der Waals surface area contributed by atoms with Crippen LogP contribution in [0, 0.1) is 0 Å². The number of nitrogens with zero attached hydrogens (tertiary/aromatic N) is 5. The summed E-state index contributed by atoms with van der Waals surface area (Å²) in [7, 11) is 1.59. The van der Waals surface area contributed by atoms with Gasteiger partial charge in [0.1, 0.15) is 12.4 Å². The van der Waals surface area contributed by atoms with Gasteiger partial charge in [0.2, 0.25) is 5.82 Å². The van der Waals surface area contributed by atoms with Crippen LogP contribution in [-0.2, 0) is 28.8 Å². The number of pyridine rings is 1. The highest BCUT2D eigenvalue weighted by atomic mass is 19.4. The smallest absolute Gasteiger partial charge is 0.444 e. The van der Waals surface area contributed by atoms with Crippen LogP contribution in [0.2, 0.25) is 0 Å². The van der Waals surface area contributed by atoms with Gasteiger partial charge in [-0.2, -0.15) is 18.2 Å². The van der Waals surface area contributed by atoms with E-state index in [4.69, 9.17) is 9.47 Å². The molecule has 0 atom stereocenters. The Bertz CT molecular complexity index is 1100. The number of carbonyl (C=O) groups is 1. The summed E-state index contributed by atoms with van der Waals surface area (Å²) in [5.41, 5.74) is 1.88. The molecular formula is C22H22F3N5O4. The van der Waals surface area contributed by atoms with Gasteiger partial charge in [0.15, 0.2) is 0 Å². The predicted molar refractivity (Wildman–Crippen MR) is 114 cm³/mol. The highest BCUT2D eigenvalue weighted by Crippen LogP contribution is 2.29. The molecule has 9 nitrogen and oxygen atoms in total. The van der Waals surface area contributed by atoms with Crippen LogP contribution < -0.4 is 4.90 Å². The quantitative estimate of drug-likeness (QED) is 0.530. The van der Waals surface area contributed by atoms with Crippen molar-refractivity contribution in [3.05, 3.63) is 59.6 Å². The number of alkyl halides is 3. The van der Waals surface area contributed by atoms with Crippen LogP contribution >= 0.6 is 0 Å². The van der Waals surface area contributed by atoms with E-state index in [0.717, 1.165) is 30.0 Å². The van der Waals surface area contributed by atoms with Gasteiger partial charge in [0.05, 0.1) is 13.2 Å². The van der Waals surface area contributed by atoms with Gasteiger partial charge in [-0.1, -0.05) is 35.5 Å². The Hall–Kier alpha value is -3.67. The average Bonchev–Trinajstić information content (AvgIpc) is 3.35. The van der Waals surface area contributed by atoms with Crippen molar-refractivity contribution in [3.63, 3.8) is 0 Å². The summed E-state index contributed by atoms with van der Waals surface area (Å²) >= 11 is 0. The number of ether oxygens (including phenoxy) is 2. The van der Waals surface area contributed by atoms with E-state index in [1.165, 1.54) is 4.90 Å². The lowest BCUT2D eigenvalue weighted by atomic mass is 10.1. The van der Waals surface area contributed by atoms with Crippen LogP contribution in [0.3, 0.4) is 0 Å². The summed E-state index contributed by atoms with van der Waals surface area (Å²) in [6.45, 7) is 3.25. The van der Waals surface area contributed by atoms with E-state index in [0.29, 0.717) is 18.8 Å². The molecule has 0 unspecified atom stereocenters. The minimum Gasteiger partial charge on any atom is -0.444 e. The van der Waals surface area contributed by atoms with Crippen molar-refractivity contribution in [2.24, 2.45) is 0 Å². The number of hydrogen-bond acceptors (Lipinski definition) is 8. The molecule has 1 amide bonds. The van der Waals surface area contributed by atoms with E-state index < -0.39 is 18.2 Å². The molecule has 0 spiro atoms. The fraction of sp³-hybridized carbons (Fsp3) is 0.364. The normalized spacial score (nSPS) is 14.2. The first-order valence-electron chi connectivity index (χ1n) is 10.5. The van der Waals surface area contributed by atoms with Gasteiger partial charge in [0.25, 0.3) is 0 Å². The van der Waals surface area contributed by atoms with Crippen molar-refractivity contribution in [2.75, 3.05) is 38.3 Å². The molecule has 2 aromatic heterocycles. The lowest BCUT2D eigenvalue weighted by Crippen LogP contribution is -2.36. The third-order valence-corrected chi connectivity index (χ3v) is 5.12. The van der Waals surface area contributed by atoms with Gasteiger partial charge >= 0.3 is 18.2 Å². The van der Waals surface area contributed by atoms with E-state index in [-0.39, 0.29) is 19.0 Å². The predicted octanol–water partition coefficient (Wildman–Crippen LogP) is 3.76. The number of carbonyl (C=O) groups excluding carboxylic acids is 1. The first kappa shape index (κ1) is 23.5. The molecule has 1 aromatic carbocycles. The molecule has 0 radical (unpaired) electrons. The zero-order valence-corrected chi connectivity index (χ0v) is 18.3. The van der Waals surface area contributed by atoms with Crippen molar-refractivity contribution in [3.8, 4) is 11.4 Å². The Balaban J connectivity index is 1.27. The molecule has 1 aliphatic heterocycles. The van der Waals surface area contributed by atoms with Crippen molar-refractivity contribution in [2.45, 2.75) is 19.3 Å². The molecule has 1 fully saturated rings. The highest BCUT2D eigenvalue weighted by Gasteiger charge is 2.38. The molecule has 0 saturated carbocycles. The Morgan fingerprint density at radius 3 is 2.44 bits per heavy atom. The van der Waals surface area contributed by atoms with Gasteiger partial charge < -0.3 is 23.8 Å². The third kappa shape index (κ3) is 5.81. The second-order valence-electron chi connectivity index (χ2n) is 7.65. The number of benzene rings is 1. The molecular weight excluding hydrogens is 455 g/mol. The number of halogens is 3. The number of hydrogen-bond donors (Lipinski definition) is 0. The average molecular weight is 477 g/mol. The van der Waals surface area contributed by atoms with Crippen LogP contribution in [0.4, 0.5) is 23.8 Å². The zero-order chi connectivity index (χ0) is 24.1. The summed E-state index contributed by atoms with van der Waals surface area (Å²) < 4.78 is 52.8. The van der Waals surface area contributed by atoms with Gasteiger partial charge in [0, 0.05) is 44.0 Å². The van der Waals surface area contributed by atoms with Gasteiger partial charge in [-0.25, -0.2) is 9.78 Å². The lowest BCUT2D eigenvalue weighted by molar-refractivity contribution is -0.159. The Morgan fingerprint density at radius 1 is 1.12 bits per heavy atom. The van der Waals surface area contributed by atoms with Crippen LogP contribution in [0.15, 0.2) is 47.1 Å². The van der Waals surface area contributed by atoms with E-state index in [9.17, 15) is 18.0 Å². The topological polar surface area (TPSA) is 93.8 Å². The monoisotopic (exact) mass is 477 g/mol. The fourth-order valence-electron chi connectivity index (χ4n) is 3.29. The number of rotatable bonds is 6. The molecule has 12 heteroatoms. The number of anilines is 1. The van der Waals surface area contributed by atoms with E-state index in [1.807, 2.05) is 12.1 Å². The highest BCUT2D eigenvalue weighted by molar-refractivity contribution is 5.67. The molecule has 4 rings (SSSR count). The first-order valence-corrected chi connectivity index (χ1v) is 10.5. The Kier molecular flexibility index (Phi) is 6.96. The molecule has 34 heavy (non-hydrogen) atoms. The van der Waals surface area contributed by atoms with E-state index in [1.54, 1.807) is 37.5 Å². The molecule has 0 aliphatic carbocycles. The lowest BCUT2D eigenvalue weighted by Gasteiger charge is -2.27. The van der Waals surface area contributed by atoms with Crippen molar-refractivity contribution >= 4 is 11.9 Å². The molecule has 0 N–H and O–H groups in total. The van der Waals surface area contributed by atoms with E-state index >= 15 is 0 Å². The van der Waals surface area contributed by atoms with Crippen LogP contribution in [0.25, 0.3) is 11.4 Å². The maximum Gasteiger partial charge on any atom is 0.471 e. The van der Waals surface area contributed by atoms with E-state index in [2.05, 4.69) is 24.5 Å². The van der Waals surface area contributed by atoms with Gasteiger partial charge in [-0.3, -0.25) is 0 Å². The summed E-state index contributed by atoms with van der Waals surface area (Å²) in [6.07, 6.45) is -3.54. The van der Waals surface area contributed by atoms with Crippen molar-refractivity contribution in [1.29, 1.82) is 0 Å². The first-order chi connectivity index (χ1) is 16.3. The molecule has 0 bridgehead atoms. The van der Waals surface area contributed by atoms with Gasteiger partial charge in [-0.15, -0.1) is 0 Å². The fourth-order valence-corrected chi connectivity index (χ4v) is 3.29. The Labute approximate surface area is 193 Å². The number of amides is 1. The van der Waals surface area contributed by atoms with Gasteiger partial charge in [-0.05, 0) is 11.6 Å². The summed E-state index contributed by atoms with van der Waals surface area (Å²) in [5, 5.41) is 3.35. The molecule has 1 saturated heterocycles. The van der Waals surface area contributed by atoms with Crippen molar-refractivity contribution in [1.82, 2.24) is 20.0 Å². The Morgan fingerprint density at radius 2 is 1.82 bits per heavy atom. The van der Waals surface area contributed by atoms with Crippen LogP contribution in [-0.4, -0.2) is 59.5 Å². The van der Waals surface area contributed by atoms with Crippen LogP contribution in [0.1, 0.15) is 17.0 Å². The summed E-state index contributed by atoms with van der Waals surface area (Å²) in [4.78, 5) is 23.6. The third-order valence-electron chi connectivity index (χ3n) is 5.12.